The molecule has 1 unspecified atom stereocenters. The summed E-state index contributed by atoms with van der Waals surface area (Å²) in [5.41, 5.74) is 0.778. The molecule has 0 aromatic heterocycles. The molecule has 6 heteroatoms. The van der Waals surface area contributed by atoms with Crippen LogP contribution < -0.4 is 5.32 Å². The van der Waals surface area contributed by atoms with E-state index in [1.807, 2.05) is 0 Å². The van der Waals surface area contributed by atoms with Crippen molar-refractivity contribution in [2.45, 2.75) is 52.7 Å². The molecule has 1 N–H and O–H groups in total. The van der Waals surface area contributed by atoms with Gasteiger partial charge in [0.1, 0.15) is 17.5 Å². The van der Waals surface area contributed by atoms with Gasteiger partial charge in [-0.1, -0.05) is 6.07 Å². The molecule has 0 fully saturated rings. The summed E-state index contributed by atoms with van der Waals surface area (Å²) in [4.78, 5) is 24.0. The zero-order valence-electron chi connectivity index (χ0n) is 14.2. The summed E-state index contributed by atoms with van der Waals surface area (Å²) in [7, 11) is 0. The number of carbonyl (C=O) groups is 2. The van der Waals surface area contributed by atoms with Gasteiger partial charge in [0.05, 0.1) is 6.61 Å². The van der Waals surface area contributed by atoms with Crippen molar-refractivity contribution in [1.82, 2.24) is 5.32 Å². The van der Waals surface area contributed by atoms with Crippen molar-refractivity contribution >= 4 is 12.1 Å². The van der Waals surface area contributed by atoms with E-state index in [-0.39, 0.29) is 18.8 Å². The van der Waals surface area contributed by atoms with Crippen molar-refractivity contribution in [3.63, 3.8) is 0 Å². The maximum atomic E-state index is 13.2. The van der Waals surface area contributed by atoms with Crippen molar-refractivity contribution in [3.8, 4) is 0 Å². The first-order valence-corrected chi connectivity index (χ1v) is 7.53. The van der Waals surface area contributed by atoms with E-state index in [0.717, 1.165) is 5.56 Å². The molecule has 0 aliphatic carbocycles. The molecule has 0 bridgehead atoms. The molecule has 0 saturated carbocycles. The average Bonchev–Trinajstić information content (AvgIpc) is 2.39. The van der Waals surface area contributed by atoms with Crippen LogP contribution in [-0.4, -0.2) is 30.3 Å². The van der Waals surface area contributed by atoms with Crippen LogP contribution in [0.4, 0.5) is 9.18 Å². The normalized spacial score (nSPS) is 12.4. The number of aryl methyl sites for hydroxylation is 1. The molecule has 1 amide bonds. The molecule has 1 aromatic carbocycles. The Kier molecular flexibility index (Phi) is 6.54. The van der Waals surface area contributed by atoms with E-state index >= 15 is 0 Å². The predicted octanol–water partition coefficient (Wildman–Crippen LogP) is 3.13. The van der Waals surface area contributed by atoms with Crippen molar-refractivity contribution in [3.05, 3.63) is 35.1 Å². The zero-order chi connectivity index (χ0) is 17.6. The van der Waals surface area contributed by atoms with Gasteiger partial charge in [-0.25, -0.2) is 14.0 Å². The van der Waals surface area contributed by atoms with Crippen LogP contribution in [0.25, 0.3) is 0 Å². The van der Waals surface area contributed by atoms with Gasteiger partial charge in [0, 0.05) is 6.42 Å². The SMILES string of the molecule is CCOC(=O)C(Cc1ccc(F)cc1C)NC(=O)OC(C)(C)C. The van der Waals surface area contributed by atoms with Crippen molar-refractivity contribution in [2.75, 3.05) is 6.61 Å². The van der Waals surface area contributed by atoms with Gasteiger partial charge in [-0.3, -0.25) is 0 Å². The van der Waals surface area contributed by atoms with Crippen LogP contribution in [0.1, 0.15) is 38.8 Å². The number of nitrogens with one attached hydrogen (secondary N) is 1. The number of alkyl carbamates (subject to hydrolysis) is 1. The highest BCUT2D eigenvalue weighted by molar-refractivity contribution is 5.81. The monoisotopic (exact) mass is 325 g/mol. The Bertz CT molecular complexity index is 566. The number of ether oxygens (including phenoxy) is 2. The molecule has 1 rings (SSSR count). The first kappa shape index (κ1) is 18.9. The molecular formula is C17H24FNO4. The lowest BCUT2D eigenvalue weighted by Crippen LogP contribution is -2.45. The van der Waals surface area contributed by atoms with Gasteiger partial charge < -0.3 is 14.8 Å². The molecule has 0 heterocycles. The molecule has 1 atom stereocenters. The number of benzene rings is 1. The van der Waals surface area contributed by atoms with Gasteiger partial charge in [-0.05, 0) is 57.9 Å². The summed E-state index contributed by atoms with van der Waals surface area (Å²) in [6, 6.07) is 3.39. The number of amides is 1. The second-order valence-corrected chi connectivity index (χ2v) is 6.23. The molecule has 5 nitrogen and oxygen atoms in total. The fraction of sp³-hybridized carbons (Fsp3) is 0.529. The third kappa shape index (κ3) is 6.67. The van der Waals surface area contributed by atoms with Gasteiger partial charge in [0.2, 0.25) is 0 Å². The number of rotatable bonds is 5. The highest BCUT2D eigenvalue weighted by atomic mass is 19.1. The molecule has 128 valence electrons. The smallest absolute Gasteiger partial charge is 0.408 e. The molecule has 23 heavy (non-hydrogen) atoms. The maximum absolute atomic E-state index is 13.2. The Hall–Kier alpha value is -2.11. The second-order valence-electron chi connectivity index (χ2n) is 6.23. The summed E-state index contributed by atoms with van der Waals surface area (Å²) < 4.78 is 23.3. The first-order chi connectivity index (χ1) is 10.6. The summed E-state index contributed by atoms with van der Waals surface area (Å²) in [5, 5.41) is 2.52. The third-order valence-corrected chi connectivity index (χ3v) is 2.99. The van der Waals surface area contributed by atoms with E-state index in [2.05, 4.69) is 5.32 Å². The van der Waals surface area contributed by atoms with Crippen molar-refractivity contribution in [1.29, 1.82) is 0 Å². The fourth-order valence-corrected chi connectivity index (χ4v) is 1.99. The number of halogens is 1. The van der Waals surface area contributed by atoms with Gasteiger partial charge in [0.25, 0.3) is 0 Å². The zero-order valence-corrected chi connectivity index (χ0v) is 14.2. The van der Waals surface area contributed by atoms with Crippen LogP contribution in [0.15, 0.2) is 18.2 Å². The maximum Gasteiger partial charge on any atom is 0.408 e. The fourth-order valence-electron chi connectivity index (χ4n) is 1.99. The highest BCUT2D eigenvalue weighted by Crippen LogP contribution is 2.14. The second kappa shape index (κ2) is 7.94. The van der Waals surface area contributed by atoms with E-state index < -0.39 is 23.7 Å². The molecule has 0 aliphatic rings. The van der Waals surface area contributed by atoms with Gasteiger partial charge in [0.15, 0.2) is 0 Å². The van der Waals surface area contributed by atoms with E-state index in [0.29, 0.717) is 5.56 Å². The quantitative estimate of drug-likeness (QED) is 0.845. The molecular weight excluding hydrogens is 301 g/mol. The van der Waals surface area contributed by atoms with Crippen LogP contribution in [0.5, 0.6) is 0 Å². The lowest BCUT2D eigenvalue weighted by Gasteiger charge is -2.23. The molecule has 0 radical (unpaired) electrons. The molecule has 0 saturated heterocycles. The number of carbonyl (C=O) groups excluding carboxylic acids is 2. The van der Waals surface area contributed by atoms with E-state index in [1.165, 1.54) is 12.1 Å². The minimum atomic E-state index is -0.894. The van der Waals surface area contributed by atoms with Crippen LogP contribution >= 0.6 is 0 Å². The lowest BCUT2D eigenvalue weighted by molar-refractivity contribution is -0.145. The van der Waals surface area contributed by atoms with Gasteiger partial charge in [-0.2, -0.15) is 0 Å². The minimum Gasteiger partial charge on any atom is -0.464 e. The predicted molar refractivity (Wildman–Crippen MR) is 84.6 cm³/mol. The van der Waals surface area contributed by atoms with E-state index in [9.17, 15) is 14.0 Å². The Morgan fingerprint density at radius 3 is 2.48 bits per heavy atom. The van der Waals surface area contributed by atoms with E-state index in [4.69, 9.17) is 9.47 Å². The summed E-state index contributed by atoms with van der Waals surface area (Å²) in [6.07, 6.45) is -0.500. The van der Waals surface area contributed by atoms with E-state index in [1.54, 1.807) is 40.7 Å². The lowest BCUT2D eigenvalue weighted by atomic mass is 10.0. The molecule has 1 aromatic rings. The van der Waals surface area contributed by atoms with Crippen LogP contribution in [-0.2, 0) is 20.7 Å². The number of esters is 1. The van der Waals surface area contributed by atoms with Crippen LogP contribution in [0.3, 0.4) is 0 Å². The summed E-state index contributed by atoms with van der Waals surface area (Å²) >= 11 is 0. The average molecular weight is 325 g/mol. The Morgan fingerprint density at radius 1 is 1.30 bits per heavy atom. The number of hydrogen-bond acceptors (Lipinski definition) is 4. The Labute approximate surface area is 136 Å². The van der Waals surface area contributed by atoms with Gasteiger partial charge in [-0.15, -0.1) is 0 Å². The van der Waals surface area contributed by atoms with Gasteiger partial charge >= 0.3 is 12.1 Å². The first-order valence-electron chi connectivity index (χ1n) is 7.53. The van der Waals surface area contributed by atoms with Crippen molar-refractivity contribution in [2.24, 2.45) is 0 Å². The third-order valence-electron chi connectivity index (χ3n) is 2.99. The van der Waals surface area contributed by atoms with Crippen molar-refractivity contribution < 1.29 is 23.5 Å². The van der Waals surface area contributed by atoms with Crippen LogP contribution in [0.2, 0.25) is 0 Å². The number of hydrogen-bond donors (Lipinski definition) is 1. The minimum absolute atomic E-state index is 0.199. The highest BCUT2D eigenvalue weighted by Gasteiger charge is 2.26. The summed E-state index contributed by atoms with van der Waals surface area (Å²) in [6.45, 7) is 8.83. The summed E-state index contributed by atoms with van der Waals surface area (Å²) in [5.74, 6) is -0.902. The van der Waals surface area contributed by atoms with Crippen LogP contribution in [0, 0.1) is 12.7 Å². The largest absolute Gasteiger partial charge is 0.464 e. The molecule has 0 spiro atoms. The standard InChI is InChI=1S/C17H24FNO4/c1-6-22-15(20)14(19-16(21)23-17(3,4)5)10-12-7-8-13(18)9-11(12)2/h7-9,14H,6,10H2,1-5H3,(H,19,21). The Morgan fingerprint density at radius 2 is 1.96 bits per heavy atom. The molecule has 0 aliphatic heterocycles. The topological polar surface area (TPSA) is 64.6 Å². The Balaban J connectivity index is 2.88.